The van der Waals surface area contributed by atoms with E-state index in [0.717, 1.165) is 5.56 Å². The predicted molar refractivity (Wildman–Crippen MR) is 63.9 cm³/mol. The number of benzene rings is 1. The van der Waals surface area contributed by atoms with Gasteiger partial charge < -0.3 is 10.5 Å². The summed E-state index contributed by atoms with van der Waals surface area (Å²) in [6.07, 6.45) is 0. The molecule has 1 aromatic carbocycles. The lowest BCUT2D eigenvalue weighted by molar-refractivity contribution is 0.407. The lowest BCUT2D eigenvalue weighted by atomic mass is 10.0. The Hall–Kier alpha value is -1.17. The van der Waals surface area contributed by atoms with Crippen molar-refractivity contribution in [2.45, 2.75) is 6.04 Å². The van der Waals surface area contributed by atoms with E-state index in [9.17, 15) is 0 Å². The van der Waals surface area contributed by atoms with Crippen LogP contribution < -0.4 is 10.5 Å². The quantitative estimate of drug-likeness (QED) is 0.914. The lowest BCUT2D eigenvalue weighted by Crippen LogP contribution is -2.13. The fourth-order valence-corrected chi connectivity index (χ4v) is 2.09. The van der Waals surface area contributed by atoms with Crippen molar-refractivity contribution in [3.8, 4) is 5.75 Å². The van der Waals surface area contributed by atoms with Crippen LogP contribution in [-0.2, 0) is 0 Å². The van der Waals surface area contributed by atoms with Crippen LogP contribution in [0.25, 0.3) is 0 Å². The van der Waals surface area contributed by atoms with Gasteiger partial charge in [-0.2, -0.15) is 0 Å². The smallest absolute Gasteiger partial charge is 0.124 e. The first kappa shape index (κ1) is 11.3. The summed E-state index contributed by atoms with van der Waals surface area (Å²) in [4.78, 5) is 0. The summed E-state index contributed by atoms with van der Waals surface area (Å²) < 4.78 is 9.02. The molecule has 1 atom stereocenters. The van der Waals surface area contributed by atoms with Crippen LogP contribution in [-0.4, -0.2) is 16.7 Å². The van der Waals surface area contributed by atoms with Gasteiger partial charge >= 0.3 is 0 Å². The topological polar surface area (TPSA) is 61.0 Å². The summed E-state index contributed by atoms with van der Waals surface area (Å²) in [6, 6.07) is 4.96. The Labute approximate surface area is 102 Å². The molecule has 0 bridgehead atoms. The number of hydrogen-bond donors (Lipinski definition) is 1. The molecule has 0 saturated carbocycles. The molecule has 16 heavy (non-hydrogen) atoms. The maximum Gasteiger partial charge on any atom is 0.124 e. The highest BCUT2D eigenvalue weighted by atomic mass is 35.5. The van der Waals surface area contributed by atoms with Crippen LogP contribution in [0, 0.1) is 0 Å². The summed E-state index contributed by atoms with van der Waals surface area (Å²) in [5.74, 6) is 0.699. The van der Waals surface area contributed by atoms with Crippen molar-refractivity contribution in [3.05, 3.63) is 39.9 Å². The summed E-state index contributed by atoms with van der Waals surface area (Å²) in [5, 5.41) is 6.37. The fourth-order valence-electron chi connectivity index (χ4n) is 1.41. The molecule has 4 nitrogen and oxygen atoms in total. The van der Waals surface area contributed by atoms with Gasteiger partial charge in [0, 0.05) is 16.0 Å². The van der Waals surface area contributed by atoms with Gasteiger partial charge in [0.1, 0.15) is 5.75 Å². The Morgan fingerprint density at radius 3 is 2.94 bits per heavy atom. The minimum atomic E-state index is -0.368. The first-order valence-corrected chi connectivity index (χ1v) is 5.80. The van der Waals surface area contributed by atoms with Crippen LogP contribution in [0.4, 0.5) is 0 Å². The number of nitrogens with two attached hydrogens (primary N) is 1. The molecule has 2 N–H and O–H groups in total. The molecule has 0 spiro atoms. The first-order valence-electron chi connectivity index (χ1n) is 4.58. The van der Waals surface area contributed by atoms with Crippen LogP contribution in [0.1, 0.15) is 17.3 Å². The molecule has 6 heteroatoms. The van der Waals surface area contributed by atoms with E-state index in [1.807, 2.05) is 5.38 Å². The van der Waals surface area contributed by atoms with Crippen LogP contribution in [0.15, 0.2) is 23.6 Å². The molecule has 1 heterocycles. The average Bonchev–Trinajstić information content (AvgIpc) is 2.81. The third-order valence-corrected chi connectivity index (χ3v) is 2.98. The highest BCUT2D eigenvalue weighted by Gasteiger charge is 2.16. The molecule has 1 unspecified atom stereocenters. The van der Waals surface area contributed by atoms with Gasteiger partial charge in [-0.1, -0.05) is 16.1 Å². The van der Waals surface area contributed by atoms with E-state index in [0.29, 0.717) is 16.5 Å². The molecule has 0 amide bonds. The van der Waals surface area contributed by atoms with E-state index in [2.05, 4.69) is 9.59 Å². The molecule has 2 aromatic rings. The van der Waals surface area contributed by atoms with Gasteiger partial charge in [0.05, 0.1) is 18.8 Å². The SMILES string of the molecule is COc1ccc(Cl)cc1C(N)c1csnn1. The number of rotatable bonds is 3. The second kappa shape index (κ2) is 4.78. The number of hydrogen-bond acceptors (Lipinski definition) is 5. The summed E-state index contributed by atoms with van der Waals surface area (Å²) in [7, 11) is 1.60. The maximum absolute atomic E-state index is 6.07. The van der Waals surface area contributed by atoms with Crippen molar-refractivity contribution in [2.75, 3.05) is 7.11 Å². The van der Waals surface area contributed by atoms with Gasteiger partial charge in [-0.05, 0) is 29.7 Å². The van der Waals surface area contributed by atoms with E-state index < -0.39 is 0 Å². The molecular weight excluding hydrogens is 246 g/mol. The van der Waals surface area contributed by atoms with Crippen molar-refractivity contribution in [1.82, 2.24) is 9.59 Å². The first-order chi connectivity index (χ1) is 7.72. The lowest BCUT2D eigenvalue weighted by Gasteiger charge is -2.13. The van der Waals surface area contributed by atoms with Crippen molar-refractivity contribution in [2.24, 2.45) is 5.73 Å². The zero-order valence-electron chi connectivity index (χ0n) is 8.55. The molecule has 1 aromatic heterocycles. The number of methoxy groups -OCH3 is 1. The van der Waals surface area contributed by atoms with Crippen molar-refractivity contribution >= 4 is 23.1 Å². The number of nitrogens with zero attached hydrogens (tertiary/aromatic N) is 2. The third-order valence-electron chi connectivity index (χ3n) is 2.22. The zero-order valence-corrected chi connectivity index (χ0v) is 10.1. The third kappa shape index (κ3) is 2.16. The molecule has 0 radical (unpaired) electrons. The molecule has 84 valence electrons. The second-order valence-electron chi connectivity index (χ2n) is 3.19. The van der Waals surface area contributed by atoms with E-state index in [1.54, 1.807) is 25.3 Å². The minimum Gasteiger partial charge on any atom is -0.496 e. The number of ether oxygens (including phenoxy) is 1. The Morgan fingerprint density at radius 2 is 2.31 bits per heavy atom. The number of halogens is 1. The molecule has 0 aliphatic rings. The highest BCUT2D eigenvalue weighted by molar-refractivity contribution is 7.03. The van der Waals surface area contributed by atoms with Crippen LogP contribution >= 0.6 is 23.1 Å². The molecule has 0 aliphatic heterocycles. The van der Waals surface area contributed by atoms with Gasteiger partial charge in [-0.15, -0.1) is 5.10 Å². The van der Waals surface area contributed by atoms with E-state index >= 15 is 0 Å². The number of aromatic nitrogens is 2. The van der Waals surface area contributed by atoms with E-state index in [4.69, 9.17) is 22.1 Å². The molecule has 0 fully saturated rings. The second-order valence-corrected chi connectivity index (χ2v) is 4.24. The Morgan fingerprint density at radius 1 is 1.50 bits per heavy atom. The van der Waals surface area contributed by atoms with E-state index in [1.165, 1.54) is 11.5 Å². The summed E-state index contributed by atoms with van der Waals surface area (Å²) >= 11 is 7.20. The summed E-state index contributed by atoms with van der Waals surface area (Å²) in [6.45, 7) is 0. The van der Waals surface area contributed by atoms with Crippen LogP contribution in [0.5, 0.6) is 5.75 Å². The molecular formula is C10H10ClN3OS. The minimum absolute atomic E-state index is 0.368. The summed E-state index contributed by atoms with van der Waals surface area (Å²) in [5.41, 5.74) is 7.59. The highest BCUT2D eigenvalue weighted by Crippen LogP contribution is 2.30. The predicted octanol–water partition coefficient (Wildman–Crippen LogP) is 2.25. The largest absolute Gasteiger partial charge is 0.496 e. The normalized spacial score (nSPS) is 12.4. The molecule has 0 aliphatic carbocycles. The van der Waals surface area contributed by atoms with E-state index in [-0.39, 0.29) is 6.04 Å². The van der Waals surface area contributed by atoms with Gasteiger partial charge in [-0.25, -0.2) is 0 Å². The van der Waals surface area contributed by atoms with Crippen molar-refractivity contribution in [1.29, 1.82) is 0 Å². The van der Waals surface area contributed by atoms with Crippen LogP contribution in [0.3, 0.4) is 0 Å². The maximum atomic E-state index is 6.07. The zero-order chi connectivity index (χ0) is 11.5. The van der Waals surface area contributed by atoms with Gasteiger partial charge in [0.25, 0.3) is 0 Å². The standard InChI is InChI=1S/C10H10ClN3OS/c1-15-9-3-2-6(11)4-7(9)10(12)8-5-16-14-13-8/h2-5,10H,12H2,1H3. The molecule has 2 rings (SSSR count). The van der Waals surface area contributed by atoms with Gasteiger partial charge in [-0.3, -0.25) is 0 Å². The van der Waals surface area contributed by atoms with Crippen molar-refractivity contribution < 1.29 is 4.74 Å². The van der Waals surface area contributed by atoms with Gasteiger partial charge in [0.15, 0.2) is 0 Å². The average molecular weight is 256 g/mol. The Kier molecular flexibility index (Phi) is 3.38. The van der Waals surface area contributed by atoms with Crippen LogP contribution in [0.2, 0.25) is 5.02 Å². The fraction of sp³-hybridized carbons (Fsp3) is 0.200. The Balaban J connectivity index is 2.42. The molecule has 0 saturated heterocycles. The van der Waals surface area contributed by atoms with Crippen molar-refractivity contribution in [3.63, 3.8) is 0 Å². The monoisotopic (exact) mass is 255 g/mol. The Bertz CT molecular complexity index is 475. The van der Waals surface area contributed by atoms with Gasteiger partial charge in [0.2, 0.25) is 0 Å².